The quantitative estimate of drug-likeness (QED) is 0.848. The summed E-state index contributed by atoms with van der Waals surface area (Å²) < 4.78 is 10.7. The topological polar surface area (TPSA) is 74.9 Å². The van der Waals surface area contributed by atoms with Crippen LogP contribution >= 0.6 is 0 Å². The number of carbonyl (C=O) groups excluding carboxylic acids is 2. The number of fused-ring (bicyclic) bond motifs is 1. The van der Waals surface area contributed by atoms with Crippen LogP contribution in [0.1, 0.15) is 22.5 Å². The molecule has 2 aliphatic rings. The molecule has 4 rings (SSSR count). The van der Waals surface area contributed by atoms with E-state index in [4.69, 9.17) is 9.47 Å². The van der Waals surface area contributed by atoms with Crippen molar-refractivity contribution in [3.63, 3.8) is 0 Å². The molecule has 1 N–H and O–H groups in total. The number of aromatic amines is 1. The fraction of sp³-hybridized carbons (Fsp3) is 0.400. The monoisotopic (exact) mass is 369 g/mol. The number of methoxy groups -OCH3 is 1. The first-order valence-electron chi connectivity index (χ1n) is 9.18. The number of amides is 2. The van der Waals surface area contributed by atoms with Crippen molar-refractivity contribution < 1.29 is 19.1 Å². The molecule has 0 aliphatic carbocycles. The lowest BCUT2D eigenvalue weighted by Crippen LogP contribution is -2.40. The van der Waals surface area contributed by atoms with Gasteiger partial charge in [-0.1, -0.05) is 12.1 Å². The highest BCUT2D eigenvalue weighted by Crippen LogP contribution is 2.28. The van der Waals surface area contributed by atoms with Crippen LogP contribution in [0.4, 0.5) is 4.79 Å². The van der Waals surface area contributed by atoms with Gasteiger partial charge in [0.15, 0.2) is 0 Å². The van der Waals surface area contributed by atoms with Gasteiger partial charge in [-0.15, -0.1) is 0 Å². The van der Waals surface area contributed by atoms with E-state index in [1.165, 1.54) is 5.56 Å². The summed E-state index contributed by atoms with van der Waals surface area (Å²) in [5.41, 5.74) is 1.77. The molecule has 1 aromatic heterocycles. The third-order valence-electron chi connectivity index (χ3n) is 5.26. The summed E-state index contributed by atoms with van der Waals surface area (Å²) in [7, 11) is 1.65. The molecule has 2 aliphatic heterocycles. The maximum absolute atomic E-state index is 12.5. The Labute approximate surface area is 157 Å². The lowest BCUT2D eigenvalue weighted by Gasteiger charge is -2.22. The minimum atomic E-state index is -0.272. The second-order valence-corrected chi connectivity index (χ2v) is 6.93. The Balaban J connectivity index is 1.33. The first-order chi connectivity index (χ1) is 13.2. The molecule has 1 aromatic carbocycles. The highest BCUT2D eigenvalue weighted by molar-refractivity contribution is 5.93. The van der Waals surface area contributed by atoms with Gasteiger partial charge in [0.1, 0.15) is 17.5 Å². The molecule has 2 saturated heterocycles. The van der Waals surface area contributed by atoms with Gasteiger partial charge in [0.2, 0.25) is 0 Å². The average molecular weight is 369 g/mol. The number of hydrogen-bond acceptors (Lipinski definition) is 4. The second kappa shape index (κ2) is 7.34. The van der Waals surface area contributed by atoms with Crippen molar-refractivity contribution in [3.05, 3.63) is 53.9 Å². The van der Waals surface area contributed by atoms with E-state index < -0.39 is 0 Å². The first kappa shape index (κ1) is 17.5. The van der Waals surface area contributed by atoms with E-state index in [0.29, 0.717) is 25.3 Å². The van der Waals surface area contributed by atoms with E-state index in [2.05, 4.69) is 4.98 Å². The highest BCUT2D eigenvalue weighted by atomic mass is 16.6. The normalized spacial score (nSPS) is 21.3. The fourth-order valence-corrected chi connectivity index (χ4v) is 3.81. The Morgan fingerprint density at radius 1 is 1.26 bits per heavy atom. The van der Waals surface area contributed by atoms with E-state index in [1.807, 2.05) is 24.3 Å². The zero-order chi connectivity index (χ0) is 18.8. The van der Waals surface area contributed by atoms with Gasteiger partial charge >= 0.3 is 6.09 Å². The maximum atomic E-state index is 12.5. The Morgan fingerprint density at radius 2 is 2.07 bits per heavy atom. The van der Waals surface area contributed by atoms with E-state index in [1.54, 1.807) is 35.2 Å². The third kappa shape index (κ3) is 3.49. The minimum absolute atomic E-state index is 0.0522. The van der Waals surface area contributed by atoms with Gasteiger partial charge in [0.25, 0.3) is 5.91 Å². The molecule has 2 amide bonds. The van der Waals surface area contributed by atoms with Gasteiger partial charge < -0.3 is 19.4 Å². The largest absolute Gasteiger partial charge is 0.497 e. The maximum Gasteiger partial charge on any atom is 0.410 e. The summed E-state index contributed by atoms with van der Waals surface area (Å²) in [6.45, 7) is 1.58. The first-order valence-corrected chi connectivity index (χ1v) is 9.18. The summed E-state index contributed by atoms with van der Waals surface area (Å²) in [5, 5.41) is 0. The van der Waals surface area contributed by atoms with Crippen LogP contribution in [-0.2, 0) is 11.2 Å². The molecule has 0 unspecified atom stereocenters. The molecule has 142 valence electrons. The van der Waals surface area contributed by atoms with Crippen LogP contribution < -0.4 is 4.74 Å². The van der Waals surface area contributed by atoms with E-state index in [0.717, 1.165) is 18.6 Å². The molecule has 2 aromatic rings. The lowest BCUT2D eigenvalue weighted by atomic mass is 10.1. The van der Waals surface area contributed by atoms with Crippen molar-refractivity contribution in [2.24, 2.45) is 0 Å². The number of nitrogens with zero attached hydrogens (tertiary/aromatic N) is 2. The van der Waals surface area contributed by atoms with Crippen LogP contribution in [0.3, 0.4) is 0 Å². The predicted octanol–water partition coefficient (Wildman–Crippen LogP) is 2.30. The molecule has 0 saturated carbocycles. The molecule has 2 fully saturated rings. The summed E-state index contributed by atoms with van der Waals surface area (Å²) in [4.78, 5) is 31.2. The number of nitrogens with one attached hydrogen (secondary N) is 1. The zero-order valence-electron chi connectivity index (χ0n) is 15.3. The smallest absolute Gasteiger partial charge is 0.410 e. The van der Waals surface area contributed by atoms with Gasteiger partial charge in [0.05, 0.1) is 19.7 Å². The van der Waals surface area contributed by atoms with Crippen LogP contribution in [0.15, 0.2) is 42.6 Å². The molecular weight excluding hydrogens is 346 g/mol. The number of rotatable bonds is 6. The summed E-state index contributed by atoms with van der Waals surface area (Å²) in [5.74, 6) is 0.783. The molecule has 3 heterocycles. The summed E-state index contributed by atoms with van der Waals surface area (Å²) in [6.07, 6.45) is 2.94. The van der Waals surface area contributed by atoms with Gasteiger partial charge in [0, 0.05) is 19.3 Å². The van der Waals surface area contributed by atoms with E-state index >= 15 is 0 Å². The van der Waals surface area contributed by atoms with Crippen LogP contribution in [0.25, 0.3) is 0 Å². The molecular formula is C20H23N3O4. The van der Waals surface area contributed by atoms with Crippen molar-refractivity contribution in [2.45, 2.75) is 25.0 Å². The van der Waals surface area contributed by atoms with Crippen molar-refractivity contribution >= 4 is 12.0 Å². The van der Waals surface area contributed by atoms with E-state index in [9.17, 15) is 9.59 Å². The number of hydrogen-bond donors (Lipinski definition) is 1. The fourth-order valence-electron chi connectivity index (χ4n) is 3.81. The number of aromatic nitrogens is 1. The number of H-pyrrole nitrogens is 1. The number of ether oxygens (including phenoxy) is 2. The molecule has 7 nitrogen and oxygen atoms in total. The second-order valence-electron chi connectivity index (χ2n) is 6.93. The standard InChI is InChI=1S/C20H23N3O4/c1-26-15-8-6-14(7-9-15)4-3-11-23-17-12-22(13-18(17)27-20(23)25)19(24)16-5-2-10-21-16/h2,5-10,17-18,21H,3-4,11-13H2,1H3/t17-,18+/m0/s1. The molecule has 0 bridgehead atoms. The van der Waals surface area contributed by atoms with Gasteiger partial charge in [-0.2, -0.15) is 0 Å². The van der Waals surface area contributed by atoms with Crippen molar-refractivity contribution in [1.82, 2.24) is 14.8 Å². The number of carbonyl (C=O) groups is 2. The lowest BCUT2D eigenvalue weighted by molar-refractivity contribution is 0.0723. The molecule has 0 spiro atoms. The van der Waals surface area contributed by atoms with Crippen LogP contribution in [0.2, 0.25) is 0 Å². The van der Waals surface area contributed by atoms with Gasteiger partial charge in [-0.3, -0.25) is 9.69 Å². The van der Waals surface area contributed by atoms with E-state index in [-0.39, 0.29) is 24.1 Å². The number of benzene rings is 1. The molecule has 2 atom stereocenters. The Kier molecular flexibility index (Phi) is 4.75. The summed E-state index contributed by atoms with van der Waals surface area (Å²) >= 11 is 0. The Hall–Kier alpha value is -2.96. The third-order valence-corrected chi connectivity index (χ3v) is 5.26. The van der Waals surface area contributed by atoms with Crippen LogP contribution in [-0.4, -0.2) is 65.7 Å². The molecule has 27 heavy (non-hydrogen) atoms. The zero-order valence-corrected chi connectivity index (χ0v) is 15.3. The number of aryl methyl sites for hydroxylation is 1. The molecule has 7 heteroatoms. The predicted molar refractivity (Wildman–Crippen MR) is 98.8 cm³/mol. The van der Waals surface area contributed by atoms with Crippen LogP contribution in [0, 0.1) is 0 Å². The number of likely N-dealkylation sites (tertiary alicyclic amines) is 1. The SMILES string of the molecule is COc1ccc(CCCN2C(=O)O[C@@H]3CN(C(=O)c4ccc[nH]4)C[C@@H]32)cc1. The highest BCUT2D eigenvalue weighted by Gasteiger charge is 2.48. The summed E-state index contributed by atoms with van der Waals surface area (Å²) in [6, 6.07) is 11.5. The molecule has 0 radical (unpaired) electrons. The van der Waals surface area contributed by atoms with Crippen LogP contribution in [0.5, 0.6) is 5.75 Å². The van der Waals surface area contributed by atoms with Crippen molar-refractivity contribution in [3.8, 4) is 5.75 Å². The van der Waals surface area contributed by atoms with Gasteiger partial charge in [-0.25, -0.2) is 4.79 Å². The Bertz CT molecular complexity index is 803. The average Bonchev–Trinajstić information content (AvgIpc) is 3.40. The van der Waals surface area contributed by atoms with Crippen molar-refractivity contribution in [1.29, 1.82) is 0 Å². The van der Waals surface area contributed by atoms with Crippen molar-refractivity contribution in [2.75, 3.05) is 26.7 Å². The van der Waals surface area contributed by atoms with Gasteiger partial charge in [-0.05, 0) is 42.7 Å². The Morgan fingerprint density at radius 3 is 2.78 bits per heavy atom. The minimum Gasteiger partial charge on any atom is -0.497 e.